The van der Waals surface area contributed by atoms with Crippen molar-refractivity contribution in [2.75, 3.05) is 60.7 Å². The van der Waals surface area contributed by atoms with Gasteiger partial charge in [0.2, 0.25) is 0 Å². The van der Waals surface area contributed by atoms with Gasteiger partial charge < -0.3 is 19.7 Å². The van der Waals surface area contributed by atoms with Crippen LogP contribution in [-0.2, 0) is 9.47 Å². The first kappa shape index (κ1) is 13.8. The predicted molar refractivity (Wildman–Crippen MR) is 58.7 cm³/mol. The zero-order valence-electron chi connectivity index (χ0n) is 9.71. The molecule has 0 saturated heterocycles. The van der Waals surface area contributed by atoms with Crippen molar-refractivity contribution < 1.29 is 9.47 Å². The monoisotopic (exact) mass is 204 g/mol. The van der Waals surface area contributed by atoms with Crippen molar-refractivity contribution in [1.82, 2.24) is 10.2 Å². The van der Waals surface area contributed by atoms with Crippen molar-refractivity contribution in [3.05, 3.63) is 0 Å². The third-order valence-electron chi connectivity index (χ3n) is 1.81. The highest BCUT2D eigenvalue weighted by atomic mass is 16.5. The lowest BCUT2D eigenvalue weighted by atomic mass is 10.4. The molecule has 0 unspecified atom stereocenters. The molecule has 1 N–H and O–H groups in total. The second-order valence-corrected chi connectivity index (χ2v) is 3.51. The lowest BCUT2D eigenvalue weighted by Crippen LogP contribution is -2.24. The third kappa shape index (κ3) is 11.8. The minimum Gasteiger partial charge on any atom is -0.385 e. The van der Waals surface area contributed by atoms with Crippen LogP contribution in [0.1, 0.15) is 6.42 Å². The smallest absolute Gasteiger partial charge is 0.0593 e. The molecule has 0 aliphatic heterocycles. The van der Waals surface area contributed by atoms with Crippen LogP contribution in [0.15, 0.2) is 0 Å². The molecule has 0 aromatic rings. The predicted octanol–water partition coefficient (Wildman–Crippen LogP) is 0.191. The first-order chi connectivity index (χ1) is 6.77. The topological polar surface area (TPSA) is 33.7 Å². The van der Waals surface area contributed by atoms with Gasteiger partial charge in [-0.3, -0.25) is 0 Å². The van der Waals surface area contributed by atoms with Crippen LogP contribution < -0.4 is 5.32 Å². The van der Waals surface area contributed by atoms with Crippen molar-refractivity contribution in [1.29, 1.82) is 0 Å². The molecular formula is C10H24N2O2. The maximum Gasteiger partial charge on any atom is 0.0593 e. The fourth-order valence-electron chi connectivity index (χ4n) is 0.960. The largest absolute Gasteiger partial charge is 0.385 e. The molecule has 0 atom stereocenters. The minimum atomic E-state index is 0.792. The Morgan fingerprint density at radius 3 is 2.50 bits per heavy atom. The van der Waals surface area contributed by atoms with E-state index in [1.54, 1.807) is 7.11 Å². The van der Waals surface area contributed by atoms with Gasteiger partial charge in [0.15, 0.2) is 0 Å². The van der Waals surface area contributed by atoms with E-state index in [-0.39, 0.29) is 0 Å². The molecule has 0 bridgehead atoms. The highest BCUT2D eigenvalue weighted by Crippen LogP contribution is 1.79. The zero-order chi connectivity index (χ0) is 10.6. The van der Waals surface area contributed by atoms with Gasteiger partial charge in [-0.1, -0.05) is 0 Å². The summed E-state index contributed by atoms with van der Waals surface area (Å²) in [5, 5.41) is 3.29. The number of rotatable bonds is 10. The summed E-state index contributed by atoms with van der Waals surface area (Å²) in [6.45, 7) is 5.35. The summed E-state index contributed by atoms with van der Waals surface area (Å²) in [7, 11) is 5.82. The van der Waals surface area contributed by atoms with Gasteiger partial charge in [0, 0.05) is 26.8 Å². The Hall–Kier alpha value is -0.160. The number of nitrogens with zero attached hydrogens (tertiary/aromatic N) is 1. The Morgan fingerprint density at radius 2 is 1.86 bits per heavy atom. The van der Waals surface area contributed by atoms with Crippen molar-refractivity contribution in [2.24, 2.45) is 0 Å². The quantitative estimate of drug-likeness (QED) is 0.515. The van der Waals surface area contributed by atoms with Crippen LogP contribution in [-0.4, -0.2) is 65.6 Å². The third-order valence-corrected chi connectivity index (χ3v) is 1.81. The standard InChI is InChI=1S/C10H24N2O2/c1-12(2)7-10-14-9-6-11-5-4-8-13-3/h11H,4-10H2,1-3H3. The fourth-order valence-corrected chi connectivity index (χ4v) is 0.960. The molecule has 0 radical (unpaired) electrons. The molecule has 0 aliphatic carbocycles. The Kier molecular flexibility index (Phi) is 10.8. The van der Waals surface area contributed by atoms with Crippen LogP contribution >= 0.6 is 0 Å². The zero-order valence-corrected chi connectivity index (χ0v) is 9.71. The molecule has 0 rings (SSSR count). The van der Waals surface area contributed by atoms with E-state index in [1.807, 2.05) is 14.1 Å². The van der Waals surface area contributed by atoms with Crippen molar-refractivity contribution in [3.8, 4) is 0 Å². The first-order valence-corrected chi connectivity index (χ1v) is 5.19. The van der Waals surface area contributed by atoms with E-state index in [2.05, 4.69) is 10.2 Å². The molecule has 0 aromatic carbocycles. The maximum atomic E-state index is 5.42. The molecule has 0 spiro atoms. The second kappa shape index (κ2) is 10.9. The molecule has 4 nitrogen and oxygen atoms in total. The van der Waals surface area contributed by atoms with Crippen LogP contribution in [0, 0.1) is 0 Å². The Labute approximate surface area is 87.6 Å². The molecule has 0 aromatic heterocycles. The van der Waals surface area contributed by atoms with Gasteiger partial charge >= 0.3 is 0 Å². The van der Waals surface area contributed by atoms with Crippen LogP contribution in [0.5, 0.6) is 0 Å². The molecule has 0 saturated carbocycles. The molecule has 14 heavy (non-hydrogen) atoms. The van der Waals surface area contributed by atoms with E-state index in [0.29, 0.717) is 0 Å². The first-order valence-electron chi connectivity index (χ1n) is 5.19. The average molecular weight is 204 g/mol. The minimum absolute atomic E-state index is 0.792. The summed E-state index contributed by atoms with van der Waals surface area (Å²) in [6, 6.07) is 0. The van der Waals surface area contributed by atoms with Crippen molar-refractivity contribution in [2.45, 2.75) is 6.42 Å². The molecule has 4 heteroatoms. The Bertz CT molecular complexity index is 110. The molecule has 0 aliphatic rings. The normalized spacial score (nSPS) is 11.1. The number of methoxy groups -OCH3 is 1. The molecule has 0 heterocycles. The maximum absolute atomic E-state index is 5.42. The van der Waals surface area contributed by atoms with E-state index < -0.39 is 0 Å². The average Bonchev–Trinajstić information content (AvgIpc) is 2.15. The summed E-state index contributed by atoms with van der Waals surface area (Å²) in [5.41, 5.74) is 0. The molecule has 0 amide bonds. The van der Waals surface area contributed by atoms with Gasteiger partial charge in [-0.15, -0.1) is 0 Å². The van der Waals surface area contributed by atoms with Gasteiger partial charge in [0.05, 0.1) is 13.2 Å². The highest BCUT2D eigenvalue weighted by Gasteiger charge is 1.91. The van der Waals surface area contributed by atoms with Crippen LogP contribution in [0.2, 0.25) is 0 Å². The van der Waals surface area contributed by atoms with E-state index in [9.17, 15) is 0 Å². The number of nitrogens with one attached hydrogen (secondary N) is 1. The second-order valence-electron chi connectivity index (χ2n) is 3.51. The number of hydrogen-bond donors (Lipinski definition) is 1. The van der Waals surface area contributed by atoms with Gasteiger partial charge in [0.25, 0.3) is 0 Å². The summed E-state index contributed by atoms with van der Waals surface area (Å²) in [4.78, 5) is 2.12. The van der Waals surface area contributed by atoms with E-state index >= 15 is 0 Å². The van der Waals surface area contributed by atoms with E-state index in [1.165, 1.54) is 0 Å². The van der Waals surface area contributed by atoms with Crippen LogP contribution in [0.3, 0.4) is 0 Å². The number of ether oxygens (including phenoxy) is 2. The fraction of sp³-hybridized carbons (Fsp3) is 1.00. The summed E-state index contributed by atoms with van der Waals surface area (Å²) in [5.74, 6) is 0. The van der Waals surface area contributed by atoms with Gasteiger partial charge in [-0.25, -0.2) is 0 Å². The summed E-state index contributed by atoms with van der Waals surface area (Å²) < 4.78 is 10.4. The van der Waals surface area contributed by atoms with Crippen LogP contribution in [0.4, 0.5) is 0 Å². The van der Waals surface area contributed by atoms with Crippen molar-refractivity contribution >= 4 is 0 Å². The molecular weight excluding hydrogens is 180 g/mol. The lowest BCUT2D eigenvalue weighted by Gasteiger charge is -2.10. The van der Waals surface area contributed by atoms with Gasteiger partial charge in [0.1, 0.15) is 0 Å². The van der Waals surface area contributed by atoms with E-state index in [0.717, 1.165) is 45.9 Å². The number of likely N-dealkylation sites (N-methyl/N-ethyl adjacent to an activating group) is 1. The SMILES string of the molecule is COCCCNCCOCCN(C)C. The Morgan fingerprint density at radius 1 is 1.07 bits per heavy atom. The van der Waals surface area contributed by atoms with Crippen LogP contribution in [0.25, 0.3) is 0 Å². The Balaban J connectivity index is 2.85. The summed E-state index contributed by atoms with van der Waals surface area (Å²) >= 11 is 0. The van der Waals surface area contributed by atoms with Gasteiger partial charge in [-0.2, -0.15) is 0 Å². The van der Waals surface area contributed by atoms with E-state index in [4.69, 9.17) is 9.47 Å². The highest BCUT2D eigenvalue weighted by molar-refractivity contribution is 4.47. The molecule has 0 fully saturated rings. The summed E-state index contributed by atoms with van der Waals surface area (Å²) in [6.07, 6.45) is 1.06. The number of hydrogen-bond acceptors (Lipinski definition) is 4. The van der Waals surface area contributed by atoms with Crippen molar-refractivity contribution in [3.63, 3.8) is 0 Å². The van der Waals surface area contributed by atoms with Gasteiger partial charge in [-0.05, 0) is 27.1 Å². The lowest BCUT2D eigenvalue weighted by molar-refractivity contribution is 0.118. The molecule has 86 valence electrons.